The summed E-state index contributed by atoms with van der Waals surface area (Å²) in [6, 6.07) is 22.4. The summed E-state index contributed by atoms with van der Waals surface area (Å²) >= 11 is 5.23. The fourth-order valence-electron chi connectivity index (χ4n) is 2.88. The summed E-state index contributed by atoms with van der Waals surface area (Å²) < 4.78 is 11.3. The molecular weight excluding hydrogens is 398 g/mol. The van der Waals surface area contributed by atoms with Crippen molar-refractivity contribution in [3.05, 3.63) is 78.4 Å². The Bertz CT molecular complexity index is 1200. The maximum Gasteiger partial charge on any atom is 0.264 e. The lowest BCUT2D eigenvalue weighted by Crippen LogP contribution is -2.37. The SMILES string of the molecule is Cc1ccc2oc(-c3cccc(NC(=S)NC(=O)COc4ccccc4)c3)nc2c1. The van der Waals surface area contributed by atoms with E-state index in [2.05, 4.69) is 15.6 Å². The van der Waals surface area contributed by atoms with Crippen molar-refractivity contribution in [2.45, 2.75) is 6.92 Å². The summed E-state index contributed by atoms with van der Waals surface area (Å²) in [5.41, 5.74) is 4.17. The van der Waals surface area contributed by atoms with Gasteiger partial charge in [0, 0.05) is 11.3 Å². The van der Waals surface area contributed by atoms with Crippen LogP contribution in [0.1, 0.15) is 5.56 Å². The van der Waals surface area contributed by atoms with Crippen LogP contribution in [0, 0.1) is 6.92 Å². The molecule has 0 aliphatic heterocycles. The first kappa shape index (κ1) is 19.6. The van der Waals surface area contributed by atoms with Gasteiger partial charge in [0.15, 0.2) is 17.3 Å². The number of thiocarbonyl (C=S) groups is 1. The molecule has 150 valence electrons. The number of nitrogens with zero attached hydrogens (tertiary/aromatic N) is 1. The molecule has 0 atom stereocenters. The number of anilines is 1. The van der Waals surface area contributed by atoms with E-state index in [1.165, 1.54) is 0 Å². The van der Waals surface area contributed by atoms with Gasteiger partial charge in [-0.1, -0.05) is 30.3 Å². The van der Waals surface area contributed by atoms with Crippen LogP contribution < -0.4 is 15.4 Å². The van der Waals surface area contributed by atoms with Gasteiger partial charge in [-0.25, -0.2) is 4.98 Å². The van der Waals surface area contributed by atoms with Gasteiger partial charge in [0.25, 0.3) is 5.91 Å². The molecule has 0 spiro atoms. The number of para-hydroxylation sites is 1. The minimum absolute atomic E-state index is 0.131. The van der Waals surface area contributed by atoms with Crippen LogP contribution >= 0.6 is 12.2 Å². The molecule has 30 heavy (non-hydrogen) atoms. The molecule has 0 unspecified atom stereocenters. The first-order valence-electron chi connectivity index (χ1n) is 9.33. The number of nitrogens with one attached hydrogen (secondary N) is 2. The fourth-order valence-corrected chi connectivity index (χ4v) is 3.11. The van der Waals surface area contributed by atoms with Gasteiger partial charge in [-0.2, -0.15) is 0 Å². The van der Waals surface area contributed by atoms with Gasteiger partial charge in [0.1, 0.15) is 11.3 Å². The molecule has 6 nitrogen and oxygen atoms in total. The van der Waals surface area contributed by atoms with E-state index in [4.69, 9.17) is 21.4 Å². The summed E-state index contributed by atoms with van der Waals surface area (Å²) in [5, 5.41) is 5.78. The average molecular weight is 417 g/mol. The summed E-state index contributed by atoms with van der Waals surface area (Å²) in [6.07, 6.45) is 0. The number of hydrogen-bond acceptors (Lipinski definition) is 5. The van der Waals surface area contributed by atoms with E-state index >= 15 is 0 Å². The maximum atomic E-state index is 12.0. The highest BCUT2D eigenvalue weighted by molar-refractivity contribution is 7.80. The molecule has 0 aliphatic carbocycles. The molecule has 3 aromatic carbocycles. The zero-order chi connectivity index (χ0) is 20.9. The number of fused-ring (bicyclic) bond motifs is 1. The summed E-state index contributed by atoms with van der Waals surface area (Å²) in [5.74, 6) is 0.792. The smallest absolute Gasteiger partial charge is 0.264 e. The van der Waals surface area contributed by atoms with Gasteiger partial charge >= 0.3 is 0 Å². The van der Waals surface area contributed by atoms with Crippen molar-refractivity contribution in [2.75, 3.05) is 11.9 Å². The number of benzene rings is 3. The number of carbonyl (C=O) groups excluding carboxylic acids is 1. The zero-order valence-corrected chi connectivity index (χ0v) is 17.0. The van der Waals surface area contributed by atoms with Crippen LogP contribution in [-0.4, -0.2) is 22.6 Å². The van der Waals surface area contributed by atoms with Gasteiger partial charge in [0.2, 0.25) is 5.89 Å². The van der Waals surface area contributed by atoms with Crippen LogP contribution in [0.15, 0.2) is 77.2 Å². The zero-order valence-electron chi connectivity index (χ0n) is 16.2. The molecule has 0 saturated carbocycles. The van der Waals surface area contributed by atoms with E-state index in [0.717, 1.165) is 22.2 Å². The van der Waals surface area contributed by atoms with Gasteiger partial charge < -0.3 is 14.5 Å². The van der Waals surface area contributed by atoms with E-state index in [0.29, 0.717) is 17.3 Å². The minimum Gasteiger partial charge on any atom is -0.484 e. The van der Waals surface area contributed by atoms with Crippen LogP contribution in [-0.2, 0) is 4.79 Å². The minimum atomic E-state index is -0.346. The Labute approximate surface area is 178 Å². The summed E-state index contributed by atoms with van der Waals surface area (Å²) in [4.78, 5) is 16.6. The maximum absolute atomic E-state index is 12.0. The highest BCUT2D eigenvalue weighted by Crippen LogP contribution is 2.26. The van der Waals surface area contributed by atoms with Crippen molar-refractivity contribution in [1.82, 2.24) is 10.3 Å². The average Bonchev–Trinajstić information content (AvgIpc) is 3.16. The van der Waals surface area contributed by atoms with Gasteiger partial charge in [-0.15, -0.1) is 0 Å². The predicted molar refractivity (Wildman–Crippen MR) is 120 cm³/mol. The highest BCUT2D eigenvalue weighted by atomic mass is 32.1. The molecule has 1 aromatic heterocycles. The van der Waals surface area contributed by atoms with Crippen molar-refractivity contribution in [1.29, 1.82) is 0 Å². The van der Waals surface area contributed by atoms with Crippen molar-refractivity contribution < 1.29 is 13.9 Å². The Morgan fingerprint density at radius 3 is 2.73 bits per heavy atom. The van der Waals surface area contributed by atoms with E-state index < -0.39 is 0 Å². The number of rotatable bonds is 5. The predicted octanol–water partition coefficient (Wildman–Crippen LogP) is 4.70. The first-order chi connectivity index (χ1) is 14.6. The van der Waals surface area contributed by atoms with Gasteiger partial charge in [-0.3, -0.25) is 10.1 Å². The van der Waals surface area contributed by atoms with E-state index in [1.807, 2.05) is 67.6 Å². The van der Waals surface area contributed by atoms with Crippen LogP contribution in [0.5, 0.6) is 5.75 Å². The third-order valence-electron chi connectivity index (χ3n) is 4.28. The number of hydrogen-bond donors (Lipinski definition) is 2. The molecule has 0 aliphatic rings. The Morgan fingerprint density at radius 2 is 1.90 bits per heavy atom. The highest BCUT2D eigenvalue weighted by Gasteiger charge is 2.10. The standard InChI is InChI=1S/C23H19N3O3S/c1-15-10-11-20-19(12-15)25-22(29-20)16-6-5-7-17(13-16)24-23(30)26-21(27)14-28-18-8-3-2-4-9-18/h2-13H,14H2,1H3,(H2,24,26,27,30). The number of amides is 1. The molecule has 7 heteroatoms. The topological polar surface area (TPSA) is 76.4 Å². The lowest BCUT2D eigenvalue weighted by Gasteiger charge is -2.11. The Kier molecular flexibility index (Phi) is 5.72. The van der Waals surface area contributed by atoms with Crippen LogP contribution in [0.25, 0.3) is 22.6 Å². The van der Waals surface area contributed by atoms with Crippen molar-refractivity contribution >= 4 is 40.0 Å². The Balaban J connectivity index is 1.38. The molecular formula is C23H19N3O3S. The van der Waals surface area contributed by atoms with E-state index in [9.17, 15) is 4.79 Å². The van der Waals surface area contributed by atoms with Crippen molar-refractivity contribution in [2.24, 2.45) is 0 Å². The number of oxazole rings is 1. The molecule has 0 bridgehead atoms. The van der Waals surface area contributed by atoms with Crippen molar-refractivity contribution in [3.8, 4) is 17.2 Å². The molecule has 4 rings (SSSR count). The second kappa shape index (κ2) is 8.75. The van der Waals surface area contributed by atoms with Gasteiger partial charge in [-0.05, 0) is 67.2 Å². The molecule has 0 fully saturated rings. The normalized spacial score (nSPS) is 10.6. The molecule has 0 saturated heterocycles. The van der Waals surface area contributed by atoms with Crippen molar-refractivity contribution in [3.63, 3.8) is 0 Å². The molecule has 0 radical (unpaired) electrons. The second-order valence-electron chi connectivity index (χ2n) is 6.68. The Morgan fingerprint density at radius 1 is 1.07 bits per heavy atom. The van der Waals surface area contributed by atoms with Gasteiger partial charge in [0.05, 0.1) is 0 Å². The number of ether oxygens (including phenoxy) is 1. The lowest BCUT2D eigenvalue weighted by molar-refractivity contribution is -0.121. The largest absolute Gasteiger partial charge is 0.484 e. The van der Waals surface area contributed by atoms with Crippen LogP contribution in [0.2, 0.25) is 0 Å². The monoisotopic (exact) mass is 417 g/mol. The molecule has 1 heterocycles. The summed E-state index contributed by atoms with van der Waals surface area (Å²) in [7, 11) is 0. The van der Waals surface area contributed by atoms with Crippen LogP contribution in [0.3, 0.4) is 0 Å². The number of aryl methyl sites for hydroxylation is 1. The van der Waals surface area contributed by atoms with E-state index in [-0.39, 0.29) is 17.6 Å². The molecule has 2 N–H and O–H groups in total. The second-order valence-corrected chi connectivity index (χ2v) is 7.08. The van der Waals surface area contributed by atoms with E-state index in [1.54, 1.807) is 12.1 Å². The fraction of sp³-hybridized carbons (Fsp3) is 0.0870. The third-order valence-corrected chi connectivity index (χ3v) is 4.48. The van der Waals surface area contributed by atoms with Crippen LogP contribution in [0.4, 0.5) is 5.69 Å². The summed E-state index contributed by atoms with van der Waals surface area (Å²) in [6.45, 7) is 1.88. The third kappa shape index (κ3) is 4.82. The quantitative estimate of drug-likeness (QED) is 0.459. The first-order valence-corrected chi connectivity index (χ1v) is 9.74. The number of aromatic nitrogens is 1. The number of carbonyl (C=O) groups is 1. The lowest BCUT2D eigenvalue weighted by atomic mass is 10.2. The molecule has 1 amide bonds. The molecule has 4 aromatic rings. The Hall–Kier alpha value is -3.71.